The highest BCUT2D eigenvalue weighted by Gasteiger charge is 2.30. The van der Waals surface area contributed by atoms with E-state index in [1.807, 2.05) is 42.5 Å². The Kier molecular flexibility index (Phi) is 8.29. The number of piperazine rings is 1. The van der Waals surface area contributed by atoms with Crippen LogP contribution in [0.2, 0.25) is 5.02 Å². The summed E-state index contributed by atoms with van der Waals surface area (Å²) in [6.45, 7) is 4.28. The van der Waals surface area contributed by atoms with Gasteiger partial charge in [0.15, 0.2) is 0 Å². The van der Waals surface area contributed by atoms with Gasteiger partial charge in [-0.15, -0.1) is 0 Å². The van der Waals surface area contributed by atoms with E-state index in [2.05, 4.69) is 21.2 Å². The van der Waals surface area contributed by atoms with Gasteiger partial charge in [0, 0.05) is 54.7 Å². The minimum atomic E-state index is -4.45. The van der Waals surface area contributed by atoms with Gasteiger partial charge in [0.2, 0.25) is 0 Å². The van der Waals surface area contributed by atoms with Gasteiger partial charge in [-0.2, -0.15) is 18.4 Å². The van der Waals surface area contributed by atoms with Gasteiger partial charge in [-0.25, -0.2) is 0 Å². The molecule has 5 nitrogen and oxygen atoms in total. The Morgan fingerprint density at radius 2 is 1.61 bits per heavy atom. The van der Waals surface area contributed by atoms with Crippen LogP contribution in [-0.2, 0) is 12.7 Å². The van der Waals surface area contributed by atoms with Crippen molar-refractivity contribution in [1.82, 2.24) is 4.90 Å². The molecule has 41 heavy (non-hydrogen) atoms. The third-order valence-electron chi connectivity index (χ3n) is 7.07. The number of benzene rings is 4. The van der Waals surface area contributed by atoms with E-state index < -0.39 is 17.6 Å². The number of carbonyl (C=O) groups excluding carboxylic acids is 1. The van der Waals surface area contributed by atoms with Crippen molar-refractivity contribution in [3.05, 3.63) is 118 Å². The van der Waals surface area contributed by atoms with Crippen molar-refractivity contribution in [1.29, 1.82) is 5.26 Å². The van der Waals surface area contributed by atoms with E-state index in [-0.39, 0.29) is 0 Å². The molecule has 0 aliphatic carbocycles. The molecule has 0 saturated carbocycles. The molecule has 4 aromatic carbocycles. The maximum atomic E-state index is 13.2. The van der Waals surface area contributed by atoms with E-state index in [1.54, 1.807) is 24.3 Å². The predicted octanol–water partition coefficient (Wildman–Crippen LogP) is 7.47. The van der Waals surface area contributed by atoms with Crippen LogP contribution in [0.1, 0.15) is 27.0 Å². The van der Waals surface area contributed by atoms with Crippen molar-refractivity contribution in [3.63, 3.8) is 0 Å². The largest absolute Gasteiger partial charge is 0.416 e. The number of alkyl halides is 3. The Bertz CT molecular complexity index is 1570. The molecule has 1 N–H and O–H groups in total. The number of hydrogen-bond donors (Lipinski definition) is 1. The number of hydrogen-bond acceptors (Lipinski definition) is 4. The fraction of sp³-hybridized carbons (Fsp3) is 0.188. The van der Waals surface area contributed by atoms with Crippen LogP contribution in [0.15, 0.2) is 91.0 Å². The Labute approximate surface area is 241 Å². The smallest absolute Gasteiger partial charge is 0.369 e. The first kappa shape index (κ1) is 28.2. The van der Waals surface area contributed by atoms with Crippen LogP contribution in [0.3, 0.4) is 0 Å². The van der Waals surface area contributed by atoms with Crippen LogP contribution in [0, 0.1) is 11.3 Å². The summed E-state index contributed by atoms with van der Waals surface area (Å²) in [6.07, 6.45) is -4.45. The second kappa shape index (κ2) is 12.0. The second-order valence-electron chi connectivity index (χ2n) is 9.84. The van der Waals surface area contributed by atoms with Crippen molar-refractivity contribution in [3.8, 4) is 17.2 Å². The molecule has 0 aromatic heterocycles. The minimum absolute atomic E-state index is 0.301. The average molecular weight is 575 g/mol. The molecule has 1 aliphatic rings. The summed E-state index contributed by atoms with van der Waals surface area (Å²) >= 11 is 6.16. The molecule has 0 atom stereocenters. The molecule has 1 saturated heterocycles. The van der Waals surface area contributed by atoms with Crippen LogP contribution >= 0.6 is 11.6 Å². The maximum absolute atomic E-state index is 13.2. The summed E-state index contributed by atoms with van der Waals surface area (Å²) in [5.41, 5.74) is 3.88. The van der Waals surface area contributed by atoms with Crippen LogP contribution < -0.4 is 10.2 Å². The van der Waals surface area contributed by atoms with Gasteiger partial charge >= 0.3 is 6.18 Å². The monoisotopic (exact) mass is 574 g/mol. The lowest BCUT2D eigenvalue weighted by molar-refractivity contribution is -0.137. The number of anilines is 2. The van der Waals surface area contributed by atoms with Crippen LogP contribution in [0.25, 0.3) is 11.1 Å². The van der Waals surface area contributed by atoms with Gasteiger partial charge in [0.1, 0.15) is 0 Å². The molecule has 0 unspecified atom stereocenters. The molecular formula is C32H26ClF3N4O. The first-order valence-electron chi connectivity index (χ1n) is 13.0. The lowest BCUT2D eigenvalue weighted by atomic mass is 9.98. The Morgan fingerprint density at radius 1 is 0.902 bits per heavy atom. The highest BCUT2D eigenvalue weighted by Crippen LogP contribution is 2.33. The molecule has 1 amide bonds. The number of nitrogens with one attached hydrogen (secondary N) is 1. The fourth-order valence-corrected chi connectivity index (χ4v) is 5.08. The van der Waals surface area contributed by atoms with Crippen LogP contribution in [-0.4, -0.2) is 37.0 Å². The standard InChI is InChI=1S/C32H26ClF3N4O/c33-26-8-13-29(30(19-26)24-4-6-25(7-5-24)32(34,35)36)31(41)38-27-9-11-28(12-10-27)40-16-14-39(15-17-40)21-23-3-1-2-22(18-23)20-37/h1-13,18-19H,14-17,21H2,(H,38,41). The number of carbonyl (C=O) groups is 1. The van der Waals surface area contributed by atoms with Crippen molar-refractivity contribution in [2.24, 2.45) is 0 Å². The molecule has 4 aromatic rings. The lowest BCUT2D eigenvalue weighted by Gasteiger charge is -2.36. The van der Waals surface area contributed by atoms with Gasteiger partial charge in [0.05, 0.1) is 17.2 Å². The normalized spacial score (nSPS) is 14.0. The van der Waals surface area contributed by atoms with Gasteiger partial charge in [0.25, 0.3) is 5.91 Å². The topological polar surface area (TPSA) is 59.4 Å². The molecule has 1 aliphatic heterocycles. The number of halogens is 4. The summed E-state index contributed by atoms with van der Waals surface area (Å²) in [7, 11) is 0. The van der Waals surface area contributed by atoms with Gasteiger partial charge in [-0.1, -0.05) is 35.9 Å². The molecule has 0 spiro atoms. The summed E-state index contributed by atoms with van der Waals surface area (Å²) in [5, 5.41) is 12.4. The summed E-state index contributed by atoms with van der Waals surface area (Å²) in [5.74, 6) is -0.390. The Balaban J connectivity index is 1.22. The second-order valence-corrected chi connectivity index (χ2v) is 10.3. The van der Waals surface area contributed by atoms with E-state index >= 15 is 0 Å². The van der Waals surface area contributed by atoms with E-state index in [1.165, 1.54) is 12.1 Å². The maximum Gasteiger partial charge on any atom is 0.416 e. The lowest BCUT2D eigenvalue weighted by Crippen LogP contribution is -2.45. The zero-order valence-corrected chi connectivity index (χ0v) is 22.7. The van der Waals surface area contributed by atoms with Gasteiger partial charge in [-0.05, 0) is 83.4 Å². The van der Waals surface area contributed by atoms with E-state index in [0.29, 0.717) is 33.0 Å². The number of nitriles is 1. The Hall–Kier alpha value is -4.32. The molecule has 0 bridgehead atoms. The van der Waals surface area contributed by atoms with Crippen molar-refractivity contribution >= 4 is 28.9 Å². The third kappa shape index (κ3) is 6.88. The van der Waals surface area contributed by atoms with Gasteiger partial charge < -0.3 is 10.2 Å². The molecule has 9 heteroatoms. The molecule has 208 valence electrons. The van der Waals surface area contributed by atoms with Crippen molar-refractivity contribution in [2.45, 2.75) is 12.7 Å². The highest BCUT2D eigenvalue weighted by atomic mass is 35.5. The van der Waals surface area contributed by atoms with E-state index in [9.17, 15) is 18.0 Å². The molecule has 0 radical (unpaired) electrons. The average Bonchev–Trinajstić information content (AvgIpc) is 2.97. The molecule has 1 heterocycles. The summed E-state index contributed by atoms with van der Waals surface area (Å²) in [6, 6.07) is 26.8. The van der Waals surface area contributed by atoms with Crippen molar-refractivity contribution in [2.75, 3.05) is 36.4 Å². The zero-order valence-electron chi connectivity index (χ0n) is 22.0. The minimum Gasteiger partial charge on any atom is -0.369 e. The van der Waals surface area contributed by atoms with Crippen LogP contribution in [0.5, 0.6) is 0 Å². The quantitative estimate of drug-likeness (QED) is 0.259. The van der Waals surface area contributed by atoms with Crippen molar-refractivity contribution < 1.29 is 18.0 Å². The zero-order chi connectivity index (χ0) is 29.0. The fourth-order valence-electron chi connectivity index (χ4n) is 4.91. The predicted molar refractivity (Wildman–Crippen MR) is 155 cm³/mol. The molecule has 1 fully saturated rings. The van der Waals surface area contributed by atoms with Crippen LogP contribution in [0.4, 0.5) is 24.5 Å². The molecule has 5 rings (SSSR count). The first-order valence-corrected chi connectivity index (χ1v) is 13.4. The third-order valence-corrected chi connectivity index (χ3v) is 7.31. The number of rotatable bonds is 6. The highest BCUT2D eigenvalue weighted by molar-refractivity contribution is 6.31. The first-order chi connectivity index (χ1) is 19.7. The summed E-state index contributed by atoms with van der Waals surface area (Å²) < 4.78 is 39.0. The van der Waals surface area contributed by atoms with Gasteiger partial charge in [-0.3, -0.25) is 9.69 Å². The summed E-state index contributed by atoms with van der Waals surface area (Å²) in [4.78, 5) is 17.8. The molecular weight excluding hydrogens is 549 g/mol. The SMILES string of the molecule is N#Cc1cccc(CN2CCN(c3ccc(NC(=O)c4ccc(Cl)cc4-c4ccc(C(F)(F)F)cc4)cc3)CC2)c1. The Morgan fingerprint density at radius 3 is 2.27 bits per heavy atom. The number of nitrogens with zero attached hydrogens (tertiary/aromatic N) is 3. The van der Waals surface area contributed by atoms with E-state index in [0.717, 1.165) is 56.1 Å². The van der Waals surface area contributed by atoms with E-state index in [4.69, 9.17) is 16.9 Å². The number of amides is 1.